The van der Waals surface area contributed by atoms with Gasteiger partial charge in [-0.15, -0.1) is 0 Å². The summed E-state index contributed by atoms with van der Waals surface area (Å²) < 4.78 is 21.8. The molecular weight excluding hydrogens is 324 g/mol. The molecule has 0 bridgehead atoms. The van der Waals surface area contributed by atoms with Gasteiger partial charge in [-0.25, -0.2) is 0 Å². The fourth-order valence-corrected chi connectivity index (χ4v) is 2.69. The van der Waals surface area contributed by atoms with Gasteiger partial charge in [-0.1, -0.05) is 29.8 Å². The van der Waals surface area contributed by atoms with Gasteiger partial charge >= 0.3 is 0 Å². The molecule has 0 aromatic heterocycles. The van der Waals surface area contributed by atoms with Crippen molar-refractivity contribution in [3.63, 3.8) is 0 Å². The summed E-state index contributed by atoms with van der Waals surface area (Å²) >= 11 is 3.52. The molecule has 1 rings (SSSR count). The molecular formula is C15H23BrO4. The first-order valence-electron chi connectivity index (χ1n) is 6.56. The van der Waals surface area contributed by atoms with E-state index in [-0.39, 0.29) is 0 Å². The summed E-state index contributed by atoms with van der Waals surface area (Å²) in [6, 6.07) is 3.62. The first kappa shape index (κ1) is 17.0. The van der Waals surface area contributed by atoms with Crippen LogP contribution in [-0.4, -0.2) is 33.3 Å². The molecule has 4 nitrogen and oxygen atoms in total. The van der Waals surface area contributed by atoms with Crippen molar-refractivity contribution in [1.29, 1.82) is 0 Å². The third-order valence-corrected chi connectivity index (χ3v) is 4.07. The van der Waals surface area contributed by atoms with Crippen LogP contribution in [0.1, 0.15) is 13.8 Å². The van der Waals surface area contributed by atoms with Crippen molar-refractivity contribution in [2.24, 2.45) is 11.8 Å². The summed E-state index contributed by atoms with van der Waals surface area (Å²) in [4.78, 5) is 0. The molecule has 114 valence electrons. The molecule has 0 aliphatic heterocycles. The number of halogens is 1. The number of rotatable bonds is 8. The van der Waals surface area contributed by atoms with Gasteiger partial charge in [0.1, 0.15) is 5.75 Å². The molecule has 1 unspecified atom stereocenters. The van der Waals surface area contributed by atoms with Crippen LogP contribution in [0.25, 0.3) is 0 Å². The van der Waals surface area contributed by atoms with Crippen LogP contribution in [0.2, 0.25) is 0 Å². The zero-order valence-electron chi connectivity index (χ0n) is 12.7. The summed E-state index contributed by atoms with van der Waals surface area (Å²) in [6.45, 7) is 5.01. The maximum absolute atomic E-state index is 5.86. The topological polar surface area (TPSA) is 36.9 Å². The van der Waals surface area contributed by atoms with Crippen LogP contribution in [-0.2, 0) is 0 Å². The summed E-state index contributed by atoms with van der Waals surface area (Å²) in [5.74, 6) is 3.49. The molecule has 1 atom stereocenters. The van der Waals surface area contributed by atoms with E-state index in [0.717, 1.165) is 5.33 Å². The average Bonchev–Trinajstić information content (AvgIpc) is 2.46. The quantitative estimate of drug-likeness (QED) is 0.671. The summed E-state index contributed by atoms with van der Waals surface area (Å²) in [6.07, 6.45) is 0. The van der Waals surface area contributed by atoms with Crippen LogP contribution in [0, 0.1) is 11.8 Å². The number of benzene rings is 1. The SMILES string of the molecule is COc1cc(OCC(CBr)C(C)C)cc(OC)c1OC. The molecule has 0 saturated heterocycles. The first-order valence-corrected chi connectivity index (χ1v) is 7.68. The van der Waals surface area contributed by atoms with Gasteiger partial charge in [-0.3, -0.25) is 0 Å². The fourth-order valence-electron chi connectivity index (χ4n) is 1.76. The normalized spacial score (nSPS) is 12.2. The predicted molar refractivity (Wildman–Crippen MR) is 83.7 cm³/mol. The minimum absolute atomic E-state index is 0.453. The van der Waals surface area contributed by atoms with E-state index in [0.29, 0.717) is 41.4 Å². The van der Waals surface area contributed by atoms with Crippen molar-refractivity contribution in [3.8, 4) is 23.0 Å². The predicted octanol–water partition coefficient (Wildman–Crippen LogP) is 3.76. The number of hydrogen-bond acceptors (Lipinski definition) is 4. The Morgan fingerprint density at radius 2 is 1.55 bits per heavy atom. The van der Waals surface area contributed by atoms with Crippen LogP contribution in [0.3, 0.4) is 0 Å². The monoisotopic (exact) mass is 346 g/mol. The highest BCUT2D eigenvalue weighted by molar-refractivity contribution is 9.09. The fraction of sp³-hybridized carbons (Fsp3) is 0.600. The maximum Gasteiger partial charge on any atom is 0.203 e. The standard InChI is InChI=1S/C15H23BrO4/c1-10(2)11(8-16)9-20-12-6-13(17-3)15(19-5)14(7-12)18-4/h6-7,10-11H,8-9H2,1-5H3. The Morgan fingerprint density at radius 1 is 1.00 bits per heavy atom. The molecule has 0 heterocycles. The Balaban J connectivity index is 2.90. The maximum atomic E-state index is 5.86. The number of hydrogen-bond donors (Lipinski definition) is 0. The number of alkyl halides is 1. The largest absolute Gasteiger partial charge is 0.493 e. The second kappa shape index (κ2) is 8.25. The van der Waals surface area contributed by atoms with Gasteiger partial charge in [-0.05, 0) is 5.92 Å². The van der Waals surface area contributed by atoms with Crippen molar-refractivity contribution in [3.05, 3.63) is 12.1 Å². The molecule has 0 fully saturated rings. The van der Waals surface area contributed by atoms with E-state index >= 15 is 0 Å². The van der Waals surface area contributed by atoms with E-state index in [1.807, 2.05) is 12.1 Å². The minimum Gasteiger partial charge on any atom is -0.493 e. The molecule has 20 heavy (non-hydrogen) atoms. The van der Waals surface area contributed by atoms with E-state index in [2.05, 4.69) is 29.8 Å². The lowest BCUT2D eigenvalue weighted by Gasteiger charge is -2.20. The summed E-state index contributed by atoms with van der Waals surface area (Å²) in [5, 5.41) is 0.912. The van der Waals surface area contributed by atoms with Crippen molar-refractivity contribution in [2.75, 3.05) is 33.3 Å². The third kappa shape index (κ3) is 4.20. The van der Waals surface area contributed by atoms with E-state index in [9.17, 15) is 0 Å². The average molecular weight is 347 g/mol. The van der Waals surface area contributed by atoms with Gasteiger partial charge in [0.2, 0.25) is 5.75 Å². The van der Waals surface area contributed by atoms with Crippen LogP contribution in [0.15, 0.2) is 12.1 Å². The molecule has 0 spiro atoms. The van der Waals surface area contributed by atoms with Crippen LogP contribution in [0.4, 0.5) is 0 Å². The summed E-state index contributed by atoms with van der Waals surface area (Å²) in [5.41, 5.74) is 0. The first-order chi connectivity index (χ1) is 9.57. The van der Waals surface area contributed by atoms with Crippen molar-refractivity contribution in [1.82, 2.24) is 0 Å². The molecule has 0 aliphatic rings. The van der Waals surface area contributed by atoms with Gasteiger partial charge in [0.05, 0.1) is 27.9 Å². The Bertz CT molecular complexity index is 395. The Hall–Kier alpha value is -1.10. The Labute approximate surface area is 129 Å². The van der Waals surface area contributed by atoms with Gasteiger partial charge in [0.25, 0.3) is 0 Å². The highest BCUT2D eigenvalue weighted by Crippen LogP contribution is 2.40. The van der Waals surface area contributed by atoms with Crippen LogP contribution in [0.5, 0.6) is 23.0 Å². The molecule has 5 heteroatoms. The number of methoxy groups -OCH3 is 3. The smallest absolute Gasteiger partial charge is 0.203 e. The van der Waals surface area contributed by atoms with Gasteiger partial charge in [0, 0.05) is 23.4 Å². The van der Waals surface area contributed by atoms with E-state index in [1.165, 1.54) is 0 Å². The lowest BCUT2D eigenvalue weighted by molar-refractivity contribution is 0.225. The minimum atomic E-state index is 0.453. The molecule has 0 amide bonds. The van der Waals surface area contributed by atoms with Crippen molar-refractivity contribution < 1.29 is 18.9 Å². The second-order valence-corrected chi connectivity index (χ2v) is 5.48. The summed E-state index contributed by atoms with van der Waals surface area (Å²) in [7, 11) is 4.77. The van der Waals surface area contributed by atoms with Crippen molar-refractivity contribution in [2.45, 2.75) is 13.8 Å². The third-order valence-electron chi connectivity index (χ3n) is 3.24. The van der Waals surface area contributed by atoms with Gasteiger partial charge in [0.15, 0.2) is 11.5 Å². The zero-order chi connectivity index (χ0) is 15.1. The van der Waals surface area contributed by atoms with Crippen LogP contribution >= 0.6 is 15.9 Å². The van der Waals surface area contributed by atoms with Gasteiger partial charge in [-0.2, -0.15) is 0 Å². The Kier molecular flexibility index (Phi) is 6.99. The molecule has 0 aliphatic carbocycles. The highest BCUT2D eigenvalue weighted by atomic mass is 79.9. The van der Waals surface area contributed by atoms with E-state index in [1.54, 1.807) is 21.3 Å². The van der Waals surface area contributed by atoms with Crippen LogP contribution < -0.4 is 18.9 Å². The highest BCUT2D eigenvalue weighted by Gasteiger charge is 2.16. The molecule has 1 aromatic carbocycles. The molecule has 0 radical (unpaired) electrons. The lowest BCUT2D eigenvalue weighted by Crippen LogP contribution is -2.19. The van der Waals surface area contributed by atoms with E-state index < -0.39 is 0 Å². The second-order valence-electron chi connectivity index (χ2n) is 4.83. The van der Waals surface area contributed by atoms with Crippen molar-refractivity contribution >= 4 is 15.9 Å². The Morgan fingerprint density at radius 3 is 1.90 bits per heavy atom. The molecule has 0 saturated carbocycles. The molecule has 1 aromatic rings. The van der Waals surface area contributed by atoms with E-state index in [4.69, 9.17) is 18.9 Å². The lowest BCUT2D eigenvalue weighted by atomic mass is 9.99. The molecule has 0 N–H and O–H groups in total. The van der Waals surface area contributed by atoms with Gasteiger partial charge < -0.3 is 18.9 Å². The number of ether oxygens (including phenoxy) is 4. The zero-order valence-corrected chi connectivity index (χ0v) is 14.3.